The second-order valence-electron chi connectivity index (χ2n) is 9.98. The minimum absolute atomic E-state index is 0.176. The molecule has 4 N–H and O–H groups in total. The number of rotatable bonds is 26. The van der Waals surface area contributed by atoms with Gasteiger partial charge in [-0.05, 0) is 12.8 Å². The fourth-order valence-corrected chi connectivity index (χ4v) is 4.36. The Morgan fingerprint density at radius 1 is 0.562 bits per heavy atom. The second kappa shape index (κ2) is 26.9. The van der Waals surface area contributed by atoms with E-state index in [2.05, 4.69) is 6.92 Å². The Hall–Kier alpha value is -0.380. The molecule has 0 spiro atoms. The number of allylic oxidation sites excluding steroid dienone is 1. The van der Waals surface area contributed by atoms with E-state index < -0.39 is 12.1 Å². The normalized spacial score (nSPS) is 13.8. The molecular formula is C29H59NO2. The Kier molecular flexibility index (Phi) is 26.5. The second-order valence-corrected chi connectivity index (χ2v) is 9.98. The summed E-state index contributed by atoms with van der Waals surface area (Å²) in [6, 6.07) is -0.559. The lowest BCUT2D eigenvalue weighted by Crippen LogP contribution is -2.36. The van der Waals surface area contributed by atoms with Gasteiger partial charge in [-0.3, -0.25) is 0 Å². The van der Waals surface area contributed by atoms with Gasteiger partial charge >= 0.3 is 0 Å². The van der Waals surface area contributed by atoms with Crippen molar-refractivity contribution in [2.24, 2.45) is 5.73 Å². The maximum Gasteiger partial charge on any atom is 0.0894 e. The Balaban J connectivity index is 3.11. The van der Waals surface area contributed by atoms with E-state index in [1.807, 2.05) is 6.08 Å². The lowest BCUT2D eigenvalue weighted by Gasteiger charge is -2.11. The van der Waals surface area contributed by atoms with Gasteiger partial charge in [-0.25, -0.2) is 0 Å². The van der Waals surface area contributed by atoms with Crippen molar-refractivity contribution in [2.75, 3.05) is 6.61 Å². The SMILES string of the molecule is CCCCCCCCCCCCCCCCCCCCCCCC/C=C/C(O)C(N)CO. The highest BCUT2D eigenvalue weighted by molar-refractivity contribution is 4.93. The molecule has 0 bridgehead atoms. The average Bonchev–Trinajstić information content (AvgIpc) is 2.81. The number of unbranched alkanes of at least 4 members (excludes halogenated alkanes) is 22. The zero-order valence-electron chi connectivity index (χ0n) is 21.8. The molecule has 192 valence electrons. The van der Waals surface area contributed by atoms with Crippen LogP contribution in [0.1, 0.15) is 155 Å². The molecule has 3 heteroatoms. The summed E-state index contributed by atoms with van der Waals surface area (Å²) >= 11 is 0. The van der Waals surface area contributed by atoms with Gasteiger partial charge in [0.05, 0.1) is 18.8 Å². The van der Waals surface area contributed by atoms with Crippen molar-refractivity contribution in [2.45, 2.75) is 167 Å². The van der Waals surface area contributed by atoms with E-state index in [1.165, 1.54) is 141 Å². The van der Waals surface area contributed by atoms with Crippen LogP contribution in [0.5, 0.6) is 0 Å². The predicted molar refractivity (Wildman–Crippen MR) is 142 cm³/mol. The number of aliphatic hydroxyl groups excluding tert-OH is 2. The number of nitrogens with two attached hydrogens (primary N) is 1. The zero-order chi connectivity index (χ0) is 23.5. The van der Waals surface area contributed by atoms with Crippen LogP contribution in [-0.4, -0.2) is 29.0 Å². The molecule has 0 fully saturated rings. The monoisotopic (exact) mass is 453 g/mol. The van der Waals surface area contributed by atoms with Crippen molar-refractivity contribution in [3.05, 3.63) is 12.2 Å². The molecule has 0 saturated heterocycles. The molecule has 0 aliphatic heterocycles. The molecule has 0 amide bonds. The van der Waals surface area contributed by atoms with Gasteiger partial charge in [-0.2, -0.15) is 0 Å². The van der Waals surface area contributed by atoms with Crippen molar-refractivity contribution >= 4 is 0 Å². The van der Waals surface area contributed by atoms with Crippen LogP contribution in [0.15, 0.2) is 12.2 Å². The van der Waals surface area contributed by atoms with Crippen molar-refractivity contribution in [3.8, 4) is 0 Å². The van der Waals surface area contributed by atoms with Crippen molar-refractivity contribution in [3.63, 3.8) is 0 Å². The van der Waals surface area contributed by atoms with Crippen LogP contribution in [0.2, 0.25) is 0 Å². The van der Waals surface area contributed by atoms with Gasteiger partial charge in [0.15, 0.2) is 0 Å². The van der Waals surface area contributed by atoms with E-state index in [1.54, 1.807) is 6.08 Å². The van der Waals surface area contributed by atoms with E-state index >= 15 is 0 Å². The molecule has 0 aromatic heterocycles. The Labute approximate surface area is 201 Å². The van der Waals surface area contributed by atoms with Crippen LogP contribution in [0.4, 0.5) is 0 Å². The maximum absolute atomic E-state index is 9.62. The summed E-state index contributed by atoms with van der Waals surface area (Å²) in [6.45, 7) is 2.12. The first-order valence-electron chi connectivity index (χ1n) is 14.4. The number of aliphatic hydroxyl groups is 2. The van der Waals surface area contributed by atoms with Gasteiger partial charge in [0.25, 0.3) is 0 Å². The molecule has 2 atom stereocenters. The van der Waals surface area contributed by atoms with Gasteiger partial charge in [-0.15, -0.1) is 0 Å². The molecule has 32 heavy (non-hydrogen) atoms. The average molecular weight is 454 g/mol. The van der Waals surface area contributed by atoms with Gasteiger partial charge in [0.2, 0.25) is 0 Å². The molecule has 2 unspecified atom stereocenters. The lowest BCUT2D eigenvalue weighted by atomic mass is 10.0. The summed E-state index contributed by atoms with van der Waals surface area (Å²) in [5, 5.41) is 18.5. The van der Waals surface area contributed by atoms with Crippen molar-refractivity contribution < 1.29 is 10.2 Å². The quantitative estimate of drug-likeness (QED) is 0.0912. The van der Waals surface area contributed by atoms with E-state index in [4.69, 9.17) is 10.8 Å². The van der Waals surface area contributed by atoms with Crippen LogP contribution < -0.4 is 5.73 Å². The molecule has 3 nitrogen and oxygen atoms in total. The molecule has 0 heterocycles. The molecule has 0 aliphatic carbocycles. The lowest BCUT2D eigenvalue weighted by molar-refractivity contribution is 0.144. The van der Waals surface area contributed by atoms with Crippen LogP contribution >= 0.6 is 0 Å². The minimum Gasteiger partial charge on any atom is -0.395 e. The fourth-order valence-electron chi connectivity index (χ4n) is 4.36. The summed E-state index contributed by atoms with van der Waals surface area (Å²) in [5.74, 6) is 0. The third kappa shape index (κ3) is 24.3. The highest BCUT2D eigenvalue weighted by Crippen LogP contribution is 2.15. The Morgan fingerprint density at radius 2 is 0.875 bits per heavy atom. The molecule has 0 aromatic carbocycles. The zero-order valence-corrected chi connectivity index (χ0v) is 21.8. The first-order valence-corrected chi connectivity index (χ1v) is 14.4. The summed E-state index contributed by atoms with van der Waals surface area (Å²) in [4.78, 5) is 0. The summed E-state index contributed by atoms with van der Waals surface area (Å²) in [5.41, 5.74) is 5.56. The first kappa shape index (κ1) is 31.6. The molecule has 0 aromatic rings. The molecule has 0 rings (SSSR count). The van der Waals surface area contributed by atoms with Gasteiger partial charge in [0, 0.05) is 0 Å². The summed E-state index contributed by atoms with van der Waals surface area (Å²) < 4.78 is 0. The van der Waals surface area contributed by atoms with E-state index in [0.717, 1.165) is 6.42 Å². The minimum atomic E-state index is -0.722. The summed E-state index contributed by atoms with van der Waals surface area (Å²) in [7, 11) is 0. The third-order valence-corrected chi connectivity index (χ3v) is 6.71. The van der Waals surface area contributed by atoms with Crippen LogP contribution in [0.25, 0.3) is 0 Å². The van der Waals surface area contributed by atoms with Crippen molar-refractivity contribution in [1.29, 1.82) is 0 Å². The molecule has 0 aliphatic rings. The van der Waals surface area contributed by atoms with Gasteiger partial charge < -0.3 is 15.9 Å². The first-order chi connectivity index (χ1) is 15.7. The molecule has 0 radical (unpaired) electrons. The standard InChI is InChI=1S/C29H59NO2/c1-2-3-4-5-6-7-8-9-10-11-12-13-14-15-16-17-18-19-20-21-22-23-24-25-26-29(32)28(30)27-31/h25-26,28-29,31-32H,2-24,27,30H2,1H3/b26-25+. The highest BCUT2D eigenvalue weighted by Gasteiger charge is 2.08. The maximum atomic E-state index is 9.62. The molecular weight excluding hydrogens is 394 g/mol. The third-order valence-electron chi connectivity index (χ3n) is 6.71. The largest absolute Gasteiger partial charge is 0.395 e. The predicted octanol–water partition coefficient (Wildman–Crippen LogP) is 8.22. The van der Waals surface area contributed by atoms with Gasteiger partial charge in [-0.1, -0.05) is 154 Å². The van der Waals surface area contributed by atoms with E-state index in [0.29, 0.717) is 0 Å². The number of hydrogen-bond acceptors (Lipinski definition) is 3. The fraction of sp³-hybridized carbons (Fsp3) is 0.931. The van der Waals surface area contributed by atoms with Crippen LogP contribution in [0, 0.1) is 0 Å². The Morgan fingerprint density at radius 3 is 1.19 bits per heavy atom. The highest BCUT2D eigenvalue weighted by atomic mass is 16.3. The van der Waals surface area contributed by atoms with Crippen LogP contribution in [-0.2, 0) is 0 Å². The van der Waals surface area contributed by atoms with Crippen LogP contribution in [0.3, 0.4) is 0 Å². The molecule has 0 saturated carbocycles. The van der Waals surface area contributed by atoms with E-state index in [9.17, 15) is 5.11 Å². The summed E-state index contributed by atoms with van der Waals surface area (Å²) in [6.07, 6.45) is 35.0. The topological polar surface area (TPSA) is 66.5 Å². The number of hydrogen-bond donors (Lipinski definition) is 3. The van der Waals surface area contributed by atoms with E-state index in [-0.39, 0.29) is 6.61 Å². The van der Waals surface area contributed by atoms with Gasteiger partial charge in [0.1, 0.15) is 0 Å². The van der Waals surface area contributed by atoms with Crippen molar-refractivity contribution in [1.82, 2.24) is 0 Å². The Bertz CT molecular complexity index is 372. The smallest absolute Gasteiger partial charge is 0.0894 e.